The maximum absolute atomic E-state index is 12.8. The fourth-order valence-corrected chi connectivity index (χ4v) is 3.86. The van der Waals surface area contributed by atoms with Crippen LogP contribution in [0.1, 0.15) is 28.8 Å². The molecule has 4 rings (SSSR count). The molecule has 0 spiro atoms. The third kappa shape index (κ3) is 3.72. The summed E-state index contributed by atoms with van der Waals surface area (Å²) in [5, 5.41) is 9.38. The van der Waals surface area contributed by atoms with Gasteiger partial charge >= 0.3 is 5.97 Å². The van der Waals surface area contributed by atoms with Crippen LogP contribution in [0.3, 0.4) is 0 Å². The maximum atomic E-state index is 12.8. The van der Waals surface area contributed by atoms with Gasteiger partial charge < -0.3 is 14.9 Å². The minimum Gasteiger partial charge on any atom is -0.478 e. The van der Waals surface area contributed by atoms with Crippen molar-refractivity contribution in [2.75, 3.05) is 33.7 Å². The highest BCUT2D eigenvalue weighted by molar-refractivity contribution is 5.89. The summed E-state index contributed by atoms with van der Waals surface area (Å²) in [6.07, 6.45) is 1.71. The number of aromatic carboxylic acids is 1. The Balaban J connectivity index is 1.77. The maximum Gasteiger partial charge on any atom is 0.336 e. The third-order valence-corrected chi connectivity index (χ3v) is 5.32. The minimum absolute atomic E-state index is 0.00198. The van der Waals surface area contributed by atoms with Gasteiger partial charge in [0.2, 0.25) is 11.8 Å². The van der Waals surface area contributed by atoms with Gasteiger partial charge in [-0.15, -0.1) is 0 Å². The normalized spacial score (nSPS) is 23.0. The summed E-state index contributed by atoms with van der Waals surface area (Å²) in [6.45, 7) is 1.89. The molecule has 1 N–H and O–H groups in total. The summed E-state index contributed by atoms with van der Waals surface area (Å²) in [6, 6.07) is 6.99. The Morgan fingerprint density at radius 1 is 1.19 bits per heavy atom. The molecule has 3 aliphatic heterocycles. The van der Waals surface area contributed by atoms with Crippen molar-refractivity contribution in [1.82, 2.24) is 14.7 Å². The van der Waals surface area contributed by atoms with E-state index in [-0.39, 0.29) is 30.3 Å². The molecule has 0 aromatic heterocycles. The number of carboxylic acid groups (broad SMARTS) is 1. The number of piperidine rings is 1. The van der Waals surface area contributed by atoms with E-state index in [1.165, 1.54) is 4.90 Å². The molecule has 2 atom stereocenters. The van der Waals surface area contributed by atoms with Crippen molar-refractivity contribution < 1.29 is 19.5 Å². The number of likely N-dealkylation sites (N-methyl/N-ethyl adjacent to an activating group) is 1. The number of nitrogens with zero attached hydrogens (tertiary/aromatic N) is 3. The monoisotopic (exact) mass is 359 g/mol. The lowest BCUT2D eigenvalue weighted by atomic mass is 9.94. The van der Waals surface area contributed by atoms with Crippen LogP contribution in [0, 0.1) is 5.92 Å². The number of carboxylic acids is 1. The van der Waals surface area contributed by atoms with Crippen molar-refractivity contribution in [3.63, 3.8) is 0 Å². The van der Waals surface area contributed by atoms with Crippen LogP contribution in [-0.2, 0) is 16.1 Å². The lowest BCUT2D eigenvalue weighted by Gasteiger charge is -2.36. The quantitative estimate of drug-likeness (QED) is 0.845. The van der Waals surface area contributed by atoms with E-state index < -0.39 is 5.97 Å². The van der Waals surface area contributed by atoms with Gasteiger partial charge in [0.15, 0.2) is 0 Å². The van der Waals surface area contributed by atoms with E-state index >= 15 is 0 Å². The van der Waals surface area contributed by atoms with E-state index in [0.29, 0.717) is 25.2 Å². The summed E-state index contributed by atoms with van der Waals surface area (Å²) >= 11 is 0. The van der Waals surface area contributed by atoms with E-state index in [0.717, 1.165) is 18.4 Å². The highest BCUT2D eigenvalue weighted by Gasteiger charge is 2.41. The second-order valence-corrected chi connectivity index (χ2v) is 7.34. The van der Waals surface area contributed by atoms with Gasteiger partial charge in [-0.3, -0.25) is 14.5 Å². The zero-order valence-electron chi connectivity index (χ0n) is 15.2. The van der Waals surface area contributed by atoms with Crippen LogP contribution in [0.2, 0.25) is 0 Å². The Kier molecular flexibility index (Phi) is 5.27. The zero-order valence-corrected chi connectivity index (χ0v) is 15.2. The molecule has 140 valence electrons. The SMILES string of the molecule is CN(C)C(=O)CN1C(=O)[C@H]2CC[C@@H]1CN(Cc1ccccc1C(=O)O)C2. The van der Waals surface area contributed by atoms with Crippen molar-refractivity contribution in [1.29, 1.82) is 0 Å². The Bertz CT molecular complexity index is 718. The molecule has 3 saturated heterocycles. The van der Waals surface area contributed by atoms with Crippen molar-refractivity contribution in [3.8, 4) is 0 Å². The van der Waals surface area contributed by atoms with Crippen LogP contribution in [0.25, 0.3) is 0 Å². The third-order valence-electron chi connectivity index (χ3n) is 5.32. The summed E-state index contributed by atoms with van der Waals surface area (Å²) in [7, 11) is 3.38. The van der Waals surface area contributed by atoms with Gasteiger partial charge in [-0.25, -0.2) is 4.79 Å². The molecule has 1 aromatic carbocycles. The number of rotatable bonds is 5. The van der Waals surface area contributed by atoms with Gasteiger partial charge in [-0.2, -0.15) is 0 Å². The van der Waals surface area contributed by atoms with Crippen LogP contribution in [0.4, 0.5) is 0 Å². The molecule has 3 aliphatic rings. The predicted molar refractivity (Wildman–Crippen MR) is 95.6 cm³/mol. The molecule has 0 saturated carbocycles. The zero-order chi connectivity index (χ0) is 18.8. The number of hydrogen-bond donors (Lipinski definition) is 1. The molecule has 7 heteroatoms. The number of benzene rings is 1. The smallest absolute Gasteiger partial charge is 0.336 e. The van der Waals surface area contributed by atoms with Crippen molar-refractivity contribution in [2.45, 2.75) is 25.4 Å². The average molecular weight is 359 g/mol. The molecule has 7 nitrogen and oxygen atoms in total. The average Bonchev–Trinajstić information content (AvgIpc) is 2.86. The Morgan fingerprint density at radius 2 is 1.92 bits per heavy atom. The number of fused-ring (bicyclic) bond motifs is 4. The summed E-state index contributed by atoms with van der Waals surface area (Å²) < 4.78 is 0. The van der Waals surface area contributed by atoms with Crippen LogP contribution in [-0.4, -0.2) is 77.4 Å². The fourth-order valence-electron chi connectivity index (χ4n) is 3.86. The van der Waals surface area contributed by atoms with E-state index in [9.17, 15) is 19.5 Å². The molecule has 1 aromatic rings. The molecule has 3 fully saturated rings. The number of carbonyl (C=O) groups is 3. The first-order valence-corrected chi connectivity index (χ1v) is 8.91. The largest absolute Gasteiger partial charge is 0.478 e. The first-order chi connectivity index (χ1) is 12.4. The first kappa shape index (κ1) is 18.4. The summed E-state index contributed by atoms with van der Waals surface area (Å²) in [4.78, 5) is 41.7. The standard InChI is InChI=1S/C19H25N3O4/c1-20(2)17(23)12-22-15-8-7-14(18(22)24)10-21(11-15)9-13-5-3-4-6-16(13)19(25)26/h3-6,14-15H,7-12H2,1-2H3,(H,25,26)/t14-,15+/m0/s1. The molecule has 0 aliphatic carbocycles. The lowest BCUT2D eigenvalue weighted by Crippen LogP contribution is -2.51. The van der Waals surface area contributed by atoms with E-state index in [2.05, 4.69) is 4.90 Å². The van der Waals surface area contributed by atoms with E-state index in [1.807, 2.05) is 12.1 Å². The van der Waals surface area contributed by atoms with Crippen LogP contribution in [0.15, 0.2) is 24.3 Å². The number of hydrogen-bond acceptors (Lipinski definition) is 4. The van der Waals surface area contributed by atoms with Crippen molar-refractivity contribution in [2.24, 2.45) is 5.92 Å². The Morgan fingerprint density at radius 3 is 2.62 bits per heavy atom. The predicted octanol–water partition coefficient (Wildman–Crippen LogP) is 0.896. The van der Waals surface area contributed by atoms with Crippen molar-refractivity contribution >= 4 is 17.8 Å². The van der Waals surface area contributed by atoms with Gasteiger partial charge in [0.25, 0.3) is 0 Å². The Labute approximate surface area is 153 Å². The van der Waals surface area contributed by atoms with Gasteiger partial charge in [-0.05, 0) is 24.5 Å². The minimum atomic E-state index is -0.937. The number of amides is 2. The first-order valence-electron chi connectivity index (χ1n) is 8.91. The molecule has 2 amide bonds. The van der Waals surface area contributed by atoms with Crippen LogP contribution >= 0.6 is 0 Å². The topological polar surface area (TPSA) is 81.2 Å². The second-order valence-electron chi connectivity index (χ2n) is 7.34. The second kappa shape index (κ2) is 7.45. The van der Waals surface area contributed by atoms with Crippen LogP contribution < -0.4 is 0 Å². The van der Waals surface area contributed by atoms with Gasteiger partial charge in [0.05, 0.1) is 11.5 Å². The van der Waals surface area contributed by atoms with E-state index in [1.54, 1.807) is 31.1 Å². The molecule has 0 radical (unpaired) electrons. The van der Waals surface area contributed by atoms with Gasteiger partial charge in [0.1, 0.15) is 6.54 Å². The molecule has 26 heavy (non-hydrogen) atoms. The molecule has 2 bridgehead atoms. The summed E-state index contributed by atoms with van der Waals surface area (Å²) in [5.41, 5.74) is 1.06. The highest BCUT2D eigenvalue weighted by Crippen LogP contribution is 2.30. The Hall–Kier alpha value is -2.41. The molecule has 0 unspecified atom stereocenters. The fraction of sp³-hybridized carbons (Fsp3) is 0.526. The van der Waals surface area contributed by atoms with Gasteiger partial charge in [-0.1, -0.05) is 18.2 Å². The van der Waals surface area contributed by atoms with Crippen molar-refractivity contribution in [3.05, 3.63) is 35.4 Å². The highest BCUT2D eigenvalue weighted by atomic mass is 16.4. The summed E-state index contributed by atoms with van der Waals surface area (Å²) in [5.74, 6) is -1.09. The lowest BCUT2D eigenvalue weighted by molar-refractivity contribution is -0.145. The molecular formula is C19H25N3O4. The molecular weight excluding hydrogens is 334 g/mol. The molecule has 3 heterocycles. The van der Waals surface area contributed by atoms with E-state index in [4.69, 9.17) is 0 Å². The van der Waals surface area contributed by atoms with Gasteiger partial charge in [0, 0.05) is 39.8 Å². The van der Waals surface area contributed by atoms with Crippen LogP contribution in [0.5, 0.6) is 0 Å². The number of carbonyl (C=O) groups excluding carboxylic acids is 2.